The molecule has 0 unspecified atom stereocenters. The summed E-state index contributed by atoms with van der Waals surface area (Å²) in [7, 11) is -1.53. The maximum atomic E-state index is 8.92. The van der Waals surface area contributed by atoms with Gasteiger partial charge in [-0.25, -0.2) is 4.98 Å². The van der Waals surface area contributed by atoms with Crippen LogP contribution in [-0.4, -0.2) is 26.6 Å². The van der Waals surface area contributed by atoms with Crippen LogP contribution >= 0.6 is 0 Å². The van der Waals surface area contributed by atoms with Crippen molar-refractivity contribution >= 4 is 18.2 Å². The number of nitriles is 1. The zero-order valence-corrected chi connectivity index (χ0v) is 7.12. The predicted octanol–water partition coefficient (Wildman–Crippen LogP) is -1.11. The van der Waals surface area contributed by atoms with Crippen molar-refractivity contribution in [3.05, 3.63) is 30.2 Å². The van der Waals surface area contributed by atoms with Crippen LogP contribution in [-0.2, 0) is 0 Å². The summed E-state index contributed by atoms with van der Waals surface area (Å²) in [6.45, 7) is 0. The van der Waals surface area contributed by atoms with E-state index in [9.17, 15) is 0 Å². The summed E-state index contributed by atoms with van der Waals surface area (Å²) in [5, 5.41) is 26.6. The number of hydrogen-bond donors (Lipinski definition) is 2. The van der Waals surface area contributed by atoms with Crippen LogP contribution in [0.2, 0.25) is 0 Å². The van der Waals surface area contributed by atoms with E-state index in [0.717, 1.165) is 0 Å². The molecule has 0 radical (unpaired) electrons. The molecule has 14 heavy (non-hydrogen) atoms. The van der Waals surface area contributed by atoms with Gasteiger partial charge in [0, 0.05) is 6.20 Å². The molecule has 6 heteroatoms. The second-order valence-corrected chi connectivity index (χ2v) is 2.82. The molecule has 2 aromatic heterocycles. The molecule has 0 spiro atoms. The first-order valence-corrected chi connectivity index (χ1v) is 3.95. The third-order valence-corrected chi connectivity index (χ3v) is 1.94. The first kappa shape index (κ1) is 8.75. The van der Waals surface area contributed by atoms with Gasteiger partial charge in [-0.15, -0.1) is 0 Å². The number of fused-ring (bicyclic) bond motifs is 1. The Kier molecular flexibility index (Phi) is 1.96. The molecule has 0 atom stereocenters. The van der Waals surface area contributed by atoms with Gasteiger partial charge in [0.25, 0.3) is 0 Å². The highest BCUT2D eigenvalue weighted by atomic mass is 16.4. The highest BCUT2D eigenvalue weighted by Gasteiger charge is 2.12. The van der Waals surface area contributed by atoms with Gasteiger partial charge in [-0.1, -0.05) is 6.07 Å². The van der Waals surface area contributed by atoms with E-state index in [4.69, 9.17) is 15.3 Å². The Morgan fingerprint density at radius 2 is 2.21 bits per heavy atom. The molecular weight excluding hydrogens is 181 g/mol. The summed E-state index contributed by atoms with van der Waals surface area (Å²) in [4.78, 5) is 3.97. The molecule has 0 saturated heterocycles. The van der Waals surface area contributed by atoms with Crippen LogP contribution in [0, 0.1) is 11.3 Å². The Balaban J connectivity index is 2.69. The second kappa shape index (κ2) is 3.14. The number of nitrogens with zero attached hydrogens (tertiary/aromatic N) is 3. The van der Waals surface area contributed by atoms with Gasteiger partial charge in [0.15, 0.2) is 0 Å². The molecule has 0 bridgehead atoms. The Labute approximate surface area is 80.0 Å². The van der Waals surface area contributed by atoms with Crippen LogP contribution in [0.5, 0.6) is 0 Å². The average molecular weight is 187 g/mol. The van der Waals surface area contributed by atoms with Gasteiger partial charge < -0.3 is 10.0 Å². The molecule has 2 N–H and O–H groups in total. The van der Waals surface area contributed by atoms with Gasteiger partial charge in [-0.2, -0.15) is 5.26 Å². The minimum Gasteiger partial charge on any atom is -0.423 e. The van der Waals surface area contributed by atoms with Crippen molar-refractivity contribution in [3.63, 3.8) is 0 Å². The fraction of sp³-hybridized carbons (Fsp3) is 0. The van der Waals surface area contributed by atoms with Crippen molar-refractivity contribution in [2.75, 3.05) is 0 Å². The van der Waals surface area contributed by atoms with Gasteiger partial charge >= 0.3 is 7.12 Å². The van der Waals surface area contributed by atoms with Gasteiger partial charge in [0.1, 0.15) is 17.4 Å². The van der Waals surface area contributed by atoms with Crippen LogP contribution in [0.4, 0.5) is 0 Å². The van der Waals surface area contributed by atoms with Crippen molar-refractivity contribution in [3.8, 4) is 6.07 Å². The van der Waals surface area contributed by atoms with E-state index < -0.39 is 7.12 Å². The van der Waals surface area contributed by atoms with E-state index in [2.05, 4.69) is 4.98 Å². The lowest BCUT2D eigenvalue weighted by Gasteiger charge is -2.00. The standard InChI is InChI=1S/C8H6BN3O2/c10-3-7-4-11-8-2-1-6(9(13)14)5-12(7)8/h1-2,4-5,13-14H. The fourth-order valence-electron chi connectivity index (χ4n) is 1.23. The Hall–Kier alpha value is -1.84. The minimum atomic E-state index is -1.53. The quantitative estimate of drug-likeness (QED) is 0.554. The molecule has 2 aromatic rings. The van der Waals surface area contributed by atoms with Crippen LogP contribution in [0.3, 0.4) is 0 Å². The maximum absolute atomic E-state index is 8.92. The largest absolute Gasteiger partial charge is 0.489 e. The van der Waals surface area contributed by atoms with Gasteiger partial charge in [0.2, 0.25) is 0 Å². The molecule has 0 fully saturated rings. The van der Waals surface area contributed by atoms with Crippen molar-refractivity contribution in [1.29, 1.82) is 5.26 Å². The molecule has 0 saturated carbocycles. The molecule has 0 aliphatic heterocycles. The van der Waals surface area contributed by atoms with Gasteiger partial charge in [0.05, 0.1) is 6.20 Å². The summed E-state index contributed by atoms with van der Waals surface area (Å²) >= 11 is 0. The number of aromatic nitrogens is 2. The highest BCUT2D eigenvalue weighted by Crippen LogP contribution is 2.03. The normalized spacial score (nSPS) is 10.1. The van der Waals surface area contributed by atoms with E-state index in [1.807, 2.05) is 6.07 Å². The lowest BCUT2D eigenvalue weighted by Crippen LogP contribution is -2.30. The smallest absolute Gasteiger partial charge is 0.423 e. The van der Waals surface area contributed by atoms with E-state index in [-0.39, 0.29) is 0 Å². The number of hydrogen-bond acceptors (Lipinski definition) is 4. The third-order valence-electron chi connectivity index (χ3n) is 1.94. The van der Waals surface area contributed by atoms with Crippen molar-refractivity contribution < 1.29 is 10.0 Å². The monoisotopic (exact) mass is 187 g/mol. The zero-order valence-electron chi connectivity index (χ0n) is 7.12. The molecular formula is C8H6BN3O2. The SMILES string of the molecule is N#Cc1cnc2ccc(B(O)O)cn12. The van der Waals surface area contributed by atoms with Crippen LogP contribution in [0.25, 0.3) is 5.65 Å². The van der Waals surface area contributed by atoms with Gasteiger partial charge in [-0.3, -0.25) is 4.40 Å². The summed E-state index contributed by atoms with van der Waals surface area (Å²) in [5.74, 6) is 0. The van der Waals surface area contributed by atoms with E-state index in [0.29, 0.717) is 16.8 Å². The zero-order chi connectivity index (χ0) is 10.1. The lowest BCUT2D eigenvalue weighted by molar-refractivity contribution is 0.425. The summed E-state index contributed by atoms with van der Waals surface area (Å²) in [6, 6.07) is 5.12. The predicted molar refractivity (Wildman–Crippen MR) is 49.7 cm³/mol. The average Bonchev–Trinajstić information content (AvgIpc) is 2.59. The molecule has 5 nitrogen and oxygen atoms in total. The topological polar surface area (TPSA) is 81.5 Å². The van der Waals surface area contributed by atoms with E-state index >= 15 is 0 Å². The van der Waals surface area contributed by atoms with E-state index in [1.54, 1.807) is 12.1 Å². The summed E-state index contributed by atoms with van der Waals surface area (Å²) in [6.07, 6.45) is 2.91. The molecule has 0 aromatic carbocycles. The summed E-state index contributed by atoms with van der Waals surface area (Å²) in [5.41, 5.74) is 1.29. The molecule has 2 rings (SSSR count). The first-order valence-electron chi connectivity index (χ1n) is 3.95. The van der Waals surface area contributed by atoms with Gasteiger partial charge in [-0.05, 0) is 11.5 Å². The number of rotatable bonds is 1. The number of imidazole rings is 1. The molecule has 2 heterocycles. The molecule has 0 amide bonds. The van der Waals surface area contributed by atoms with Crippen molar-refractivity contribution in [1.82, 2.24) is 9.38 Å². The second-order valence-electron chi connectivity index (χ2n) is 2.82. The third kappa shape index (κ3) is 1.25. The maximum Gasteiger partial charge on any atom is 0.489 e. The molecule has 68 valence electrons. The van der Waals surface area contributed by atoms with Crippen LogP contribution in [0.1, 0.15) is 5.69 Å². The van der Waals surface area contributed by atoms with Crippen molar-refractivity contribution in [2.45, 2.75) is 0 Å². The molecule has 0 aliphatic carbocycles. The minimum absolute atomic E-state index is 0.326. The first-order chi connectivity index (χ1) is 6.72. The Morgan fingerprint density at radius 1 is 1.43 bits per heavy atom. The summed E-state index contributed by atoms with van der Waals surface area (Å²) < 4.78 is 1.51. The van der Waals surface area contributed by atoms with E-state index in [1.165, 1.54) is 16.8 Å². The van der Waals surface area contributed by atoms with Crippen molar-refractivity contribution in [2.24, 2.45) is 0 Å². The Morgan fingerprint density at radius 3 is 2.86 bits per heavy atom. The molecule has 0 aliphatic rings. The lowest BCUT2D eigenvalue weighted by atomic mass is 9.82. The fourth-order valence-corrected chi connectivity index (χ4v) is 1.23. The van der Waals surface area contributed by atoms with Crippen LogP contribution < -0.4 is 5.46 Å². The highest BCUT2D eigenvalue weighted by molar-refractivity contribution is 6.58. The number of pyridine rings is 1. The Bertz CT molecular complexity index is 515. The van der Waals surface area contributed by atoms with Crippen LogP contribution in [0.15, 0.2) is 24.5 Å².